The minimum absolute atomic E-state index is 0.445. The Labute approximate surface area is 113 Å². The summed E-state index contributed by atoms with van der Waals surface area (Å²) in [4.78, 5) is 2.55. The number of nitrogens with zero attached hydrogens (tertiary/aromatic N) is 1. The van der Waals surface area contributed by atoms with Crippen molar-refractivity contribution in [1.29, 1.82) is 0 Å². The zero-order valence-electron chi connectivity index (χ0n) is 10.7. The third-order valence-corrected chi connectivity index (χ3v) is 4.03. The molecule has 1 aliphatic rings. The molecule has 1 saturated heterocycles. The van der Waals surface area contributed by atoms with Crippen molar-refractivity contribution < 1.29 is 0 Å². The van der Waals surface area contributed by atoms with Gasteiger partial charge in [-0.25, -0.2) is 0 Å². The highest BCUT2D eigenvalue weighted by molar-refractivity contribution is 9.10. The summed E-state index contributed by atoms with van der Waals surface area (Å²) >= 11 is 3.53. The standard InChI is InChI=1S/C14H21BrN2/c1-14(10-16-2)6-7-17(11-14)9-12-4-3-5-13(15)8-12/h3-5,8,16H,6-7,9-11H2,1-2H3. The van der Waals surface area contributed by atoms with Crippen LogP contribution in [0.2, 0.25) is 0 Å². The van der Waals surface area contributed by atoms with E-state index in [1.165, 1.54) is 29.5 Å². The lowest BCUT2D eigenvalue weighted by molar-refractivity contribution is 0.265. The number of hydrogen-bond acceptors (Lipinski definition) is 2. The molecule has 0 radical (unpaired) electrons. The Balaban J connectivity index is 1.94. The van der Waals surface area contributed by atoms with Crippen LogP contribution in [0, 0.1) is 5.41 Å². The van der Waals surface area contributed by atoms with Gasteiger partial charge in [-0.05, 0) is 43.1 Å². The monoisotopic (exact) mass is 296 g/mol. The van der Waals surface area contributed by atoms with Gasteiger partial charge in [0.15, 0.2) is 0 Å². The Kier molecular flexibility index (Phi) is 4.23. The van der Waals surface area contributed by atoms with Crippen LogP contribution in [-0.2, 0) is 6.54 Å². The van der Waals surface area contributed by atoms with Crippen molar-refractivity contribution in [2.75, 3.05) is 26.7 Å². The van der Waals surface area contributed by atoms with Crippen LogP contribution in [0.5, 0.6) is 0 Å². The van der Waals surface area contributed by atoms with Crippen molar-refractivity contribution in [1.82, 2.24) is 10.2 Å². The van der Waals surface area contributed by atoms with Crippen molar-refractivity contribution in [2.24, 2.45) is 5.41 Å². The van der Waals surface area contributed by atoms with Gasteiger partial charge in [-0.3, -0.25) is 4.90 Å². The first-order chi connectivity index (χ1) is 8.11. The van der Waals surface area contributed by atoms with E-state index in [0.29, 0.717) is 5.41 Å². The molecule has 1 heterocycles. The number of rotatable bonds is 4. The molecule has 0 bridgehead atoms. The maximum absolute atomic E-state index is 3.53. The van der Waals surface area contributed by atoms with Gasteiger partial charge in [0.2, 0.25) is 0 Å². The molecule has 1 aromatic carbocycles. The third kappa shape index (κ3) is 3.54. The van der Waals surface area contributed by atoms with E-state index < -0.39 is 0 Å². The molecule has 17 heavy (non-hydrogen) atoms. The van der Waals surface area contributed by atoms with E-state index in [1.807, 2.05) is 7.05 Å². The highest BCUT2D eigenvalue weighted by Gasteiger charge is 2.32. The molecule has 1 unspecified atom stereocenters. The Morgan fingerprint density at radius 1 is 1.47 bits per heavy atom. The molecular formula is C14H21BrN2. The highest BCUT2D eigenvalue weighted by atomic mass is 79.9. The van der Waals surface area contributed by atoms with Gasteiger partial charge in [0.25, 0.3) is 0 Å². The Morgan fingerprint density at radius 2 is 2.29 bits per heavy atom. The van der Waals surface area contributed by atoms with E-state index in [-0.39, 0.29) is 0 Å². The average Bonchev–Trinajstić information content (AvgIpc) is 2.60. The fourth-order valence-electron chi connectivity index (χ4n) is 2.73. The number of likely N-dealkylation sites (tertiary alicyclic amines) is 1. The molecule has 0 spiro atoms. The number of halogens is 1. The number of benzene rings is 1. The summed E-state index contributed by atoms with van der Waals surface area (Å²) < 4.78 is 1.17. The molecule has 0 aromatic heterocycles. The van der Waals surface area contributed by atoms with Gasteiger partial charge in [0, 0.05) is 24.1 Å². The van der Waals surface area contributed by atoms with Crippen LogP contribution in [0.25, 0.3) is 0 Å². The van der Waals surface area contributed by atoms with Crippen LogP contribution in [0.3, 0.4) is 0 Å². The summed E-state index contributed by atoms with van der Waals surface area (Å²) in [6, 6.07) is 8.62. The van der Waals surface area contributed by atoms with Crippen molar-refractivity contribution in [3.63, 3.8) is 0 Å². The fourth-order valence-corrected chi connectivity index (χ4v) is 3.17. The summed E-state index contributed by atoms with van der Waals surface area (Å²) in [6.45, 7) is 6.97. The second kappa shape index (κ2) is 5.51. The molecule has 1 aromatic rings. The van der Waals surface area contributed by atoms with Crippen LogP contribution in [0.15, 0.2) is 28.7 Å². The summed E-state index contributed by atoms with van der Waals surface area (Å²) in [6.07, 6.45) is 1.29. The fraction of sp³-hybridized carbons (Fsp3) is 0.571. The lowest BCUT2D eigenvalue weighted by Crippen LogP contribution is -2.32. The summed E-state index contributed by atoms with van der Waals surface area (Å²) in [5.74, 6) is 0. The van der Waals surface area contributed by atoms with Gasteiger partial charge >= 0.3 is 0 Å². The molecule has 0 aliphatic carbocycles. The van der Waals surface area contributed by atoms with Crippen molar-refractivity contribution >= 4 is 15.9 Å². The largest absolute Gasteiger partial charge is 0.319 e. The second-order valence-electron chi connectivity index (χ2n) is 5.43. The van der Waals surface area contributed by atoms with E-state index in [0.717, 1.165) is 13.1 Å². The molecule has 3 heteroatoms. The molecule has 2 nitrogen and oxygen atoms in total. The van der Waals surface area contributed by atoms with Crippen LogP contribution in [0.4, 0.5) is 0 Å². The maximum atomic E-state index is 3.53. The highest BCUT2D eigenvalue weighted by Crippen LogP contribution is 2.30. The second-order valence-corrected chi connectivity index (χ2v) is 6.35. The van der Waals surface area contributed by atoms with Crippen molar-refractivity contribution in [2.45, 2.75) is 19.9 Å². The molecule has 2 rings (SSSR count). The molecule has 1 aliphatic heterocycles. The van der Waals surface area contributed by atoms with E-state index in [2.05, 4.69) is 57.3 Å². The number of hydrogen-bond donors (Lipinski definition) is 1. The molecule has 0 saturated carbocycles. The zero-order chi connectivity index (χ0) is 12.3. The first kappa shape index (κ1) is 13.1. The molecule has 1 N–H and O–H groups in total. The molecule has 1 atom stereocenters. The van der Waals surface area contributed by atoms with Gasteiger partial charge in [0.1, 0.15) is 0 Å². The Hall–Kier alpha value is -0.380. The van der Waals surface area contributed by atoms with Gasteiger partial charge in [-0.2, -0.15) is 0 Å². The number of nitrogens with one attached hydrogen (secondary N) is 1. The normalized spacial score (nSPS) is 25.4. The molecule has 0 amide bonds. The third-order valence-electron chi connectivity index (χ3n) is 3.54. The van der Waals surface area contributed by atoms with Gasteiger partial charge < -0.3 is 5.32 Å². The predicted molar refractivity (Wildman–Crippen MR) is 76.1 cm³/mol. The Morgan fingerprint density at radius 3 is 3.00 bits per heavy atom. The topological polar surface area (TPSA) is 15.3 Å². The SMILES string of the molecule is CNCC1(C)CCN(Cc2cccc(Br)c2)C1. The van der Waals surface area contributed by atoms with Crippen LogP contribution >= 0.6 is 15.9 Å². The van der Waals surface area contributed by atoms with Crippen LogP contribution < -0.4 is 5.32 Å². The summed E-state index contributed by atoms with van der Waals surface area (Å²) in [5, 5.41) is 3.31. The minimum atomic E-state index is 0.445. The first-order valence-electron chi connectivity index (χ1n) is 6.23. The minimum Gasteiger partial charge on any atom is -0.319 e. The smallest absolute Gasteiger partial charge is 0.0234 e. The van der Waals surface area contributed by atoms with Gasteiger partial charge in [0.05, 0.1) is 0 Å². The van der Waals surface area contributed by atoms with E-state index in [9.17, 15) is 0 Å². The van der Waals surface area contributed by atoms with Gasteiger partial charge in [-0.1, -0.05) is 35.0 Å². The van der Waals surface area contributed by atoms with Crippen molar-refractivity contribution in [3.8, 4) is 0 Å². The molecule has 1 fully saturated rings. The average molecular weight is 297 g/mol. The summed E-state index contributed by atoms with van der Waals surface area (Å²) in [5.41, 5.74) is 1.84. The quantitative estimate of drug-likeness (QED) is 0.919. The lowest BCUT2D eigenvalue weighted by atomic mass is 9.90. The lowest BCUT2D eigenvalue weighted by Gasteiger charge is -2.24. The predicted octanol–water partition coefficient (Wildman–Crippen LogP) is 2.88. The van der Waals surface area contributed by atoms with Gasteiger partial charge in [-0.15, -0.1) is 0 Å². The maximum Gasteiger partial charge on any atom is 0.0234 e. The van der Waals surface area contributed by atoms with Crippen LogP contribution in [-0.4, -0.2) is 31.6 Å². The van der Waals surface area contributed by atoms with E-state index >= 15 is 0 Å². The van der Waals surface area contributed by atoms with E-state index in [4.69, 9.17) is 0 Å². The zero-order valence-corrected chi connectivity index (χ0v) is 12.3. The summed E-state index contributed by atoms with van der Waals surface area (Å²) in [7, 11) is 2.04. The first-order valence-corrected chi connectivity index (χ1v) is 7.02. The Bertz CT molecular complexity index is 380. The molecular weight excluding hydrogens is 276 g/mol. The van der Waals surface area contributed by atoms with E-state index in [1.54, 1.807) is 0 Å². The van der Waals surface area contributed by atoms with Crippen molar-refractivity contribution in [3.05, 3.63) is 34.3 Å². The molecule has 94 valence electrons. The van der Waals surface area contributed by atoms with Crippen LogP contribution in [0.1, 0.15) is 18.9 Å².